The van der Waals surface area contributed by atoms with E-state index in [1.807, 2.05) is 33.2 Å². The van der Waals surface area contributed by atoms with Crippen LogP contribution < -0.4 is 5.32 Å². The van der Waals surface area contributed by atoms with Gasteiger partial charge in [-0.2, -0.15) is 0 Å². The van der Waals surface area contributed by atoms with Gasteiger partial charge in [-0.05, 0) is 32.6 Å². The average Bonchev–Trinajstić information content (AvgIpc) is 2.35. The molecule has 0 aromatic carbocycles. The number of pyridine rings is 1. The van der Waals surface area contributed by atoms with Gasteiger partial charge >= 0.3 is 5.97 Å². The van der Waals surface area contributed by atoms with E-state index in [9.17, 15) is 4.79 Å². The summed E-state index contributed by atoms with van der Waals surface area (Å²) in [5.41, 5.74) is 1.75. The Bertz CT molecular complexity index is 376. The third-order valence-electron chi connectivity index (χ3n) is 2.61. The van der Waals surface area contributed by atoms with E-state index in [0.717, 1.165) is 17.8 Å². The van der Waals surface area contributed by atoms with E-state index in [4.69, 9.17) is 4.74 Å². The summed E-state index contributed by atoms with van der Waals surface area (Å²) in [6, 6.07) is 3.33. The van der Waals surface area contributed by atoms with Crippen molar-refractivity contribution < 1.29 is 9.53 Å². The van der Waals surface area contributed by atoms with Crippen molar-refractivity contribution in [3.05, 3.63) is 29.6 Å². The molecule has 1 heterocycles. The number of methoxy groups -OCH3 is 1. The van der Waals surface area contributed by atoms with Crippen molar-refractivity contribution in [2.24, 2.45) is 0 Å². The average molecular weight is 251 g/mol. The van der Waals surface area contributed by atoms with Crippen LogP contribution in [0.2, 0.25) is 0 Å². The Labute approximate surface area is 108 Å². The second kappa shape index (κ2) is 7.08. The van der Waals surface area contributed by atoms with Gasteiger partial charge < -0.3 is 9.64 Å². The summed E-state index contributed by atoms with van der Waals surface area (Å²) >= 11 is 0. The van der Waals surface area contributed by atoms with Gasteiger partial charge in [-0.15, -0.1) is 0 Å². The predicted octanol–water partition coefficient (Wildman–Crippen LogP) is 0.755. The fourth-order valence-electron chi connectivity index (χ4n) is 1.54. The maximum atomic E-state index is 11.7. The lowest BCUT2D eigenvalue weighted by Crippen LogP contribution is -2.34. The summed E-state index contributed by atoms with van der Waals surface area (Å²) in [4.78, 5) is 18.0. The first kappa shape index (κ1) is 14.6. The van der Waals surface area contributed by atoms with Gasteiger partial charge in [0.15, 0.2) is 0 Å². The summed E-state index contributed by atoms with van der Waals surface area (Å²) in [5.74, 6) is -0.292. The van der Waals surface area contributed by atoms with Crippen LogP contribution in [0.15, 0.2) is 18.3 Å². The summed E-state index contributed by atoms with van der Waals surface area (Å²) < 4.78 is 4.81. The van der Waals surface area contributed by atoms with Crippen molar-refractivity contribution >= 4 is 5.97 Å². The maximum absolute atomic E-state index is 11.7. The molecule has 0 saturated heterocycles. The number of carbonyl (C=O) groups excluding carboxylic acids is 1. The van der Waals surface area contributed by atoms with E-state index in [0.29, 0.717) is 6.54 Å². The molecular weight excluding hydrogens is 230 g/mol. The number of esters is 1. The van der Waals surface area contributed by atoms with E-state index < -0.39 is 6.04 Å². The van der Waals surface area contributed by atoms with Crippen LogP contribution in [0, 0.1) is 6.92 Å². The number of ether oxygens (including phenoxy) is 1. The van der Waals surface area contributed by atoms with Crippen molar-refractivity contribution in [3.63, 3.8) is 0 Å². The van der Waals surface area contributed by atoms with Crippen molar-refractivity contribution in [2.75, 3.05) is 34.3 Å². The van der Waals surface area contributed by atoms with Gasteiger partial charge in [-0.3, -0.25) is 10.3 Å². The molecule has 1 unspecified atom stereocenters. The van der Waals surface area contributed by atoms with Crippen molar-refractivity contribution in [1.29, 1.82) is 0 Å². The zero-order valence-electron chi connectivity index (χ0n) is 11.4. The van der Waals surface area contributed by atoms with Gasteiger partial charge in [-0.25, -0.2) is 4.79 Å². The lowest BCUT2D eigenvalue weighted by Gasteiger charge is -2.18. The lowest BCUT2D eigenvalue weighted by molar-refractivity contribution is -0.143. The van der Waals surface area contributed by atoms with Crippen LogP contribution in [0.5, 0.6) is 0 Å². The highest BCUT2D eigenvalue weighted by Crippen LogP contribution is 2.13. The third kappa shape index (κ3) is 4.43. The molecule has 5 heteroatoms. The highest BCUT2D eigenvalue weighted by atomic mass is 16.5. The first-order chi connectivity index (χ1) is 8.54. The largest absolute Gasteiger partial charge is 0.468 e. The van der Waals surface area contributed by atoms with Gasteiger partial charge in [0.2, 0.25) is 0 Å². The van der Waals surface area contributed by atoms with E-state index in [2.05, 4.69) is 15.2 Å². The molecule has 0 bridgehead atoms. The minimum Gasteiger partial charge on any atom is -0.468 e. The van der Waals surface area contributed by atoms with Gasteiger partial charge in [0, 0.05) is 25.0 Å². The van der Waals surface area contributed by atoms with E-state index >= 15 is 0 Å². The molecule has 1 N–H and O–H groups in total. The Kier molecular flexibility index (Phi) is 5.74. The van der Waals surface area contributed by atoms with E-state index in [1.165, 1.54) is 7.11 Å². The number of likely N-dealkylation sites (N-methyl/N-ethyl adjacent to an activating group) is 1. The number of hydrogen-bond donors (Lipinski definition) is 1. The second-order valence-electron chi connectivity index (χ2n) is 4.45. The molecule has 5 nitrogen and oxygen atoms in total. The molecule has 0 aliphatic carbocycles. The Morgan fingerprint density at radius 2 is 2.22 bits per heavy atom. The van der Waals surface area contributed by atoms with Gasteiger partial charge in [0.05, 0.1) is 7.11 Å². The summed E-state index contributed by atoms with van der Waals surface area (Å²) in [7, 11) is 5.37. The predicted molar refractivity (Wildman–Crippen MR) is 70.3 cm³/mol. The van der Waals surface area contributed by atoms with Crippen molar-refractivity contribution in [2.45, 2.75) is 13.0 Å². The summed E-state index contributed by atoms with van der Waals surface area (Å²) in [6.07, 6.45) is 1.71. The fraction of sp³-hybridized carbons (Fsp3) is 0.538. The van der Waals surface area contributed by atoms with Crippen LogP contribution in [0.4, 0.5) is 0 Å². The van der Waals surface area contributed by atoms with Crippen LogP contribution in [-0.2, 0) is 9.53 Å². The number of carbonyl (C=O) groups is 1. The van der Waals surface area contributed by atoms with Gasteiger partial charge in [-0.1, -0.05) is 6.07 Å². The molecule has 0 aliphatic rings. The zero-order chi connectivity index (χ0) is 13.5. The second-order valence-corrected chi connectivity index (χ2v) is 4.45. The van der Waals surface area contributed by atoms with Gasteiger partial charge in [0.1, 0.15) is 6.04 Å². The topological polar surface area (TPSA) is 54.5 Å². The standard InChI is InChI=1S/C13H21N3O2/c1-10-5-6-11(9-15-10)12(13(17)18-4)14-7-8-16(2)3/h5-6,9,12,14H,7-8H2,1-4H3. The first-order valence-electron chi connectivity index (χ1n) is 5.93. The normalized spacial score (nSPS) is 12.5. The van der Waals surface area contributed by atoms with Gasteiger partial charge in [0.25, 0.3) is 0 Å². The third-order valence-corrected chi connectivity index (χ3v) is 2.61. The minimum absolute atomic E-state index is 0.292. The number of aryl methyl sites for hydroxylation is 1. The lowest BCUT2D eigenvalue weighted by atomic mass is 10.1. The molecule has 18 heavy (non-hydrogen) atoms. The highest BCUT2D eigenvalue weighted by molar-refractivity contribution is 5.77. The Morgan fingerprint density at radius 3 is 2.72 bits per heavy atom. The van der Waals surface area contributed by atoms with Crippen molar-refractivity contribution in [1.82, 2.24) is 15.2 Å². The molecule has 1 aromatic heterocycles. The fourth-order valence-corrected chi connectivity index (χ4v) is 1.54. The minimum atomic E-state index is -0.456. The first-order valence-corrected chi connectivity index (χ1v) is 5.93. The molecule has 0 amide bonds. The number of aromatic nitrogens is 1. The van der Waals surface area contributed by atoms with Crippen LogP contribution in [0.3, 0.4) is 0 Å². The molecule has 100 valence electrons. The summed E-state index contributed by atoms with van der Waals surface area (Å²) in [5, 5.41) is 3.18. The number of nitrogens with one attached hydrogen (secondary N) is 1. The van der Waals surface area contributed by atoms with E-state index in [-0.39, 0.29) is 5.97 Å². The van der Waals surface area contributed by atoms with E-state index in [1.54, 1.807) is 6.20 Å². The number of rotatable bonds is 6. The Balaban J connectivity index is 2.72. The highest BCUT2D eigenvalue weighted by Gasteiger charge is 2.20. The van der Waals surface area contributed by atoms with Crippen LogP contribution in [-0.4, -0.2) is 50.1 Å². The molecule has 0 saturated carbocycles. The molecule has 0 spiro atoms. The number of nitrogens with zero attached hydrogens (tertiary/aromatic N) is 2. The van der Waals surface area contributed by atoms with Crippen molar-refractivity contribution in [3.8, 4) is 0 Å². The maximum Gasteiger partial charge on any atom is 0.327 e. The molecule has 1 aromatic rings. The van der Waals surface area contributed by atoms with Crippen LogP contribution in [0.25, 0.3) is 0 Å². The Hall–Kier alpha value is -1.46. The number of hydrogen-bond acceptors (Lipinski definition) is 5. The molecular formula is C13H21N3O2. The zero-order valence-corrected chi connectivity index (χ0v) is 11.4. The summed E-state index contributed by atoms with van der Waals surface area (Å²) in [6.45, 7) is 3.48. The SMILES string of the molecule is COC(=O)C(NCCN(C)C)c1ccc(C)nc1. The Morgan fingerprint density at radius 1 is 1.50 bits per heavy atom. The molecule has 0 fully saturated rings. The molecule has 0 aliphatic heterocycles. The quantitative estimate of drug-likeness (QED) is 0.756. The molecule has 1 atom stereocenters. The van der Waals surface area contributed by atoms with Crippen LogP contribution >= 0.6 is 0 Å². The molecule has 1 rings (SSSR count). The molecule has 0 radical (unpaired) electrons. The van der Waals surface area contributed by atoms with Crippen LogP contribution in [0.1, 0.15) is 17.3 Å². The smallest absolute Gasteiger partial charge is 0.327 e. The monoisotopic (exact) mass is 251 g/mol.